The first-order valence-corrected chi connectivity index (χ1v) is 10.5. The molecule has 1 aromatic heterocycles. The van der Waals surface area contributed by atoms with Crippen molar-refractivity contribution in [1.82, 2.24) is 19.5 Å². The fourth-order valence-corrected chi connectivity index (χ4v) is 3.83. The van der Waals surface area contributed by atoms with Gasteiger partial charge < -0.3 is 10.0 Å². The maximum absolute atomic E-state index is 13.8. The molecule has 1 amide bonds. The number of carbonyl (C=O) groups is 1. The molecule has 0 aliphatic carbocycles. The van der Waals surface area contributed by atoms with Crippen molar-refractivity contribution in [3.8, 4) is 11.4 Å². The fourth-order valence-electron chi connectivity index (χ4n) is 3.83. The Hall–Kier alpha value is -3.30. The van der Waals surface area contributed by atoms with Crippen LogP contribution in [0.1, 0.15) is 15.9 Å². The summed E-state index contributed by atoms with van der Waals surface area (Å²) in [5, 5.41) is 14.4. The van der Waals surface area contributed by atoms with Crippen LogP contribution in [0.15, 0.2) is 57.8 Å². The third kappa shape index (κ3) is 4.79. The molecule has 32 heavy (non-hydrogen) atoms. The number of hydrogen-bond acceptors (Lipinski definition) is 6. The Balaban J connectivity index is 1.33. The number of aromatic nitrogens is 2. The van der Waals surface area contributed by atoms with Crippen molar-refractivity contribution in [2.24, 2.45) is 0 Å². The van der Waals surface area contributed by atoms with E-state index in [0.717, 1.165) is 5.56 Å². The highest BCUT2D eigenvalue weighted by Gasteiger charge is 2.25. The maximum Gasteiger partial charge on any atom is 0.441 e. The van der Waals surface area contributed by atoms with Gasteiger partial charge in [-0.2, -0.15) is 0 Å². The Bertz CT molecular complexity index is 1140. The van der Waals surface area contributed by atoms with Crippen LogP contribution in [0.2, 0.25) is 0 Å². The van der Waals surface area contributed by atoms with Crippen molar-refractivity contribution in [2.75, 3.05) is 32.7 Å². The van der Waals surface area contributed by atoms with Crippen LogP contribution in [0.5, 0.6) is 0 Å². The Kier molecular flexibility index (Phi) is 6.48. The van der Waals surface area contributed by atoms with E-state index in [1.165, 1.54) is 10.6 Å². The molecule has 0 radical (unpaired) electrons. The molecule has 1 unspecified atom stereocenters. The van der Waals surface area contributed by atoms with Gasteiger partial charge in [0.1, 0.15) is 5.82 Å². The lowest BCUT2D eigenvalue weighted by atomic mass is 10.1. The van der Waals surface area contributed by atoms with E-state index in [1.54, 1.807) is 24.0 Å². The largest absolute Gasteiger partial charge is 0.441 e. The molecular formula is C23H25FN4O4. The number of benzene rings is 2. The second kappa shape index (κ2) is 9.46. The molecule has 1 saturated heterocycles. The van der Waals surface area contributed by atoms with Gasteiger partial charge in [-0.1, -0.05) is 41.6 Å². The molecule has 0 saturated carbocycles. The second-order valence-corrected chi connectivity index (χ2v) is 7.96. The van der Waals surface area contributed by atoms with E-state index < -0.39 is 17.7 Å². The number of hydrogen-bond donors (Lipinski definition) is 1. The van der Waals surface area contributed by atoms with Crippen molar-refractivity contribution in [2.45, 2.75) is 19.6 Å². The summed E-state index contributed by atoms with van der Waals surface area (Å²) in [6.07, 6.45) is -0.817. The predicted octanol–water partition coefficient (Wildman–Crippen LogP) is 1.77. The van der Waals surface area contributed by atoms with Crippen LogP contribution in [0.3, 0.4) is 0 Å². The van der Waals surface area contributed by atoms with E-state index >= 15 is 0 Å². The normalized spacial score (nSPS) is 15.7. The van der Waals surface area contributed by atoms with Crippen LogP contribution >= 0.6 is 0 Å². The number of aliphatic hydroxyl groups excluding tert-OH is 1. The first kappa shape index (κ1) is 21.9. The summed E-state index contributed by atoms with van der Waals surface area (Å²) in [5.41, 5.74) is 1.56. The zero-order valence-electron chi connectivity index (χ0n) is 17.8. The Morgan fingerprint density at radius 2 is 1.84 bits per heavy atom. The van der Waals surface area contributed by atoms with Crippen molar-refractivity contribution in [3.63, 3.8) is 0 Å². The molecule has 1 atom stereocenters. The van der Waals surface area contributed by atoms with Gasteiger partial charge in [0.15, 0.2) is 5.82 Å². The average Bonchev–Trinajstić information content (AvgIpc) is 3.16. The number of piperazine rings is 1. The molecule has 1 aliphatic heterocycles. The van der Waals surface area contributed by atoms with Gasteiger partial charge in [-0.25, -0.2) is 9.18 Å². The van der Waals surface area contributed by atoms with Gasteiger partial charge >= 0.3 is 5.76 Å². The van der Waals surface area contributed by atoms with Gasteiger partial charge in [0.05, 0.1) is 12.6 Å². The van der Waals surface area contributed by atoms with Gasteiger partial charge in [-0.05, 0) is 24.6 Å². The average molecular weight is 440 g/mol. The Morgan fingerprint density at radius 1 is 1.12 bits per heavy atom. The molecule has 168 valence electrons. The summed E-state index contributed by atoms with van der Waals surface area (Å²) in [4.78, 5) is 28.4. The number of aliphatic hydroxyl groups is 1. The minimum atomic E-state index is -0.817. The molecule has 8 nitrogen and oxygen atoms in total. The zero-order chi connectivity index (χ0) is 22.7. The Morgan fingerprint density at radius 3 is 2.53 bits per heavy atom. The molecule has 0 spiro atoms. The highest BCUT2D eigenvalue weighted by atomic mass is 19.1. The third-order valence-electron chi connectivity index (χ3n) is 5.66. The monoisotopic (exact) mass is 440 g/mol. The lowest BCUT2D eigenvalue weighted by Gasteiger charge is -2.35. The molecule has 1 fully saturated rings. The first-order valence-electron chi connectivity index (χ1n) is 10.5. The molecule has 4 rings (SSSR count). The first-order chi connectivity index (χ1) is 15.4. The van der Waals surface area contributed by atoms with Crippen molar-refractivity contribution in [3.05, 3.63) is 76.0 Å². The van der Waals surface area contributed by atoms with Crippen LogP contribution in [-0.2, 0) is 6.54 Å². The number of β-amino-alcohol motifs (C(OH)–C–C–N with tert-alkyl or cyclic N) is 1. The summed E-state index contributed by atoms with van der Waals surface area (Å²) >= 11 is 0. The third-order valence-corrected chi connectivity index (χ3v) is 5.66. The SMILES string of the molecule is Cc1ccc(C(=O)N2CCN(CC(O)Cn3c(-c4ccccc4)noc3=O)CC2)cc1F. The molecular weight excluding hydrogens is 415 g/mol. The summed E-state index contributed by atoms with van der Waals surface area (Å²) in [5.74, 6) is -0.844. The summed E-state index contributed by atoms with van der Waals surface area (Å²) in [6.45, 7) is 4.14. The molecule has 2 aromatic carbocycles. The molecule has 9 heteroatoms. The number of rotatable bonds is 6. The van der Waals surface area contributed by atoms with Crippen LogP contribution in [-0.4, -0.2) is 69.4 Å². The molecule has 1 N–H and O–H groups in total. The van der Waals surface area contributed by atoms with E-state index in [9.17, 15) is 19.1 Å². The van der Waals surface area contributed by atoms with E-state index in [-0.39, 0.29) is 12.5 Å². The molecule has 1 aliphatic rings. The van der Waals surface area contributed by atoms with E-state index in [0.29, 0.717) is 49.7 Å². The summed E-state index contributed by atoms with van der Waals surface area (Å²) in [7, 11) is 0. The maximum atomic E-state index is 13.8. The quantitative estimate of drug-likeness (QED) is 0.628. The molecule has 3 aromatic rings. The van der Waals surface area contributed by atoms with Gasteiger partial charge in [0.2, 0.25) is 0 Å². The van der Waals surface area contributed by atoms with Gasteiger partial charge in [0.25, 0.3) is 5.91 Å². The standard InChI is InChI=1S/C23H25FN4O4/c1-16-7-8-18(13-20(16)24)22(30)27-11-9-26(10-12-27)14-19(29)15-28-21(25-32-23(28)31)17-5-3-2-4-6-17/h2-8,13,19,29H,9-12,14-15H2,1H3. The van der Waals surface area contributed by atoms with E-state index in [1.807, 2.05) is 35.2 Å². The number of amides is 1. The van der Waals surface area contributed by atoms with Gasteiger partial charge in [-0.3, -0.25) is 18.8 Å². The molecule has 0 bridgehead atoms. The van der Waals surface area contributed by atoms with E-state index in [4.69, 9.17) is 4.52 Å². The van der Waals surface area contributed by atoms with Crippen LogP contribution in [0, 0.1) is 12.7 Å². The van der Waals surface area contributed by atoms with Crippen molar-refractivity contribution in [1.29, 1.82) is 0 Å². The number of nitrogens with zero attached hydrogens (tertiary/aromatic N) is 4. The van der Waals surface area contributed by atoms with Gasteiger partial charge in [0, 0.05) is 43.9 Å². The number of halogens is 1. The lowest BCUT2D eigenvalue weighted by Crippen LogP contribution is -2.51. The lowest BCUT2D eigenvalue weighted by molar-refractivity contribution is 0.0495. The summed E-state index contributed by atoms with van der Waals surface area (Å²) in [6, 6.07) is 13.7. The fraction of sp³-hybridized carbons (Fsp3) is 0.348. The summed E-state index contributed by atoms with van der Waals surface area (Å²) < 4.78 is 19.9. The Labute approximate surface area is 184 Å². The topological polar surface area (TPSA) is 91.8 Å². The highest BCUT2D eigenvalue weighted by molar-refractivity contribution is 5.94. The van der Waals surface area contributed by atoms with E-state index in [2.05, 4.69) is 5.16 Å². The zero-order valence-corrected chi connectivity index (χ0v) is 17.8. The van der Waals surface area contributed by atoms with Crippen molar-refractivity contribution >= 4 is 5.91 Å². The predicted molar refractivity (Wildman–Crippen MR) is 116 cm³/mol. The number of carbonyl (C=O) groups excluding carboxylic acids is 1. The number of aryl methyl sites for hydroxylation is 1. The highest BCUT2D eigenvalue weighted by Crippen LogP contribution is 2.16. The van der Waals surface area contributed by atoms with Crippen LogP contribution in [0.4, 0.5) is 4.39 Å². The second-order valence-electron chi connectivity index (χ2n) is 7.96. The smallest absolute Gasteiger partial charge is 0.390 e. The minimum absolute atomic E-state index is 0.0499. The van der Waals surface area contributed by atoms with Crippen molar-refractivity contribution < 1.29 is 18.8 Å². The van der Waals surface area contributed by atoms with Crippen LogP contribution in [0.25, 0.3) is 11.4 Å². The molecule has 2 heterocycles. The van der Waals surface area contributed by atoms with Gasteiger partial charge in [-0.15, -0.1) is 0 Å². The van der Waals surface area contributed by atoms with Crippen LogP contribution < -0.4 is 5.76 Å². The minimum Gasteiger partial charge on any atom is -0.390 e.